The molecule has 1 aromatic carbocycles. The number of likely N-dealkylation sites (N-methyl/N-ethyl adjacent to an activating group) is 1. The molecule has 0 aliphatic rings. The van der Waals surface area contributed by atoms with Crippen LogP contribution in [0, 0.1) is 6.92 Å². The quantitative estimate of drug-likeness (QED) is 0.881. The van der Waals surface area contributed by atoms with Crippen LogP contribution in [-0.2, 0) is 6.54 Å². The zero-order chi connectivity index (χ0) is 15.4. The second-order valence-electron chi connectivity index (χ2n) is 5.51. The first kappa shape index (κ1) is 15.5. The maximum absolute atomic E-state index is 6.44. The van der Waals surface area contributed by atoms with Crippen LogP contribution in [0.5, 0.6) is 5.75 Å². The Labute approximate surface area is 126 Å². The molecule has 0 saturated heterocycles. The van der Waals surface area contributed by atoms with Crippen molar-refractivity contribution >= 4 is 0 Å². The highest BCUT2D eigenvalue weighted by Crippen LogP contribution is 2.28. The van der Waals surface area contributed by atoms with Gasteiger partial charge in [-0.05, 0) is 26.6 Å². The van der Waals surface area contributed by atoms with Gasteiger partial charge in [-0.3, -0.25) is 4.68 Å². The van der Waals surface area contributed by atoms with Crippen molar-refractivity contribution in [3.8, 4) is 5.75 Å². The molecule has 0 aliphatic carbocycles. The molecule has 114 valence electrons. The van der Waals surface area contributed by atoms with Gasteiger partial charge in [0.25, 0.3) is 0 Å². The van der Waals surface area contributed by atoms with Crippen LogP contribution in [0.25, 0.3) is 0 Å². The van der Waals surface area contributed by atoms with Crippen LogP contribution >= 0.6 is 0 Å². The summed E-state index contributed by atoms with van der Waals surface area (Å²) in [6.07, 6.45) is 1.74. The molecule has 0 saturated carbocycles. The fourth-order valence-corrected chi connectivity index (χ4v) is 2.25. The molecule has 5 nitrogen and oxygen atoms in total. The number of aromatic nitrogens is 2. The van der Waals surface area contributed by atoms with Gasteiger partial charge < -0.3 is 15.4 Å². The van der Waals surface area contributed by atoms with Gasteiger partial charge in [0.05, 0.1) is 25.9 Å². The first-order valence-electron chi connectivity index (χ1n) is 7.09. The standard InChI is InChI=1S/C16H24N4O/c1-12-5-7-13(8-6-12)15(17)16-14(21-4)11-18-20(16)10-9-19(2)3/h5-8,11,15H,9-10,17H2,1-4H3. The summed E-state index contributed by atoms with van der Waals surface area (Å²) in [4.78, 5) is 2.12. The molecule has 0 spiro atoms. The first-order valence-corrected chi connectivity index (χ1v) is 7.09. The van der Waals surface area contributed by atoms with E-state index in [1.54, 1.807) is 13.3 Å². The molecule has 21 heavy (non-hydrogen) atoms. The summed E-state index contributed by atoms with van der Waals surface area (Å²) in [7, 11) is 5.74. The van der Waals surface area contributed by atoms with E-state index in [9.17, 15) is 0 Å². The molecule has 0 radical (unpaired) electrons. The van der Waals surface area contributed by atoms with E-state index in [4.69, 9.17) is 10.5 Å². The van der Waals surface area contributed by atoms with E-state index in [1.165, 1.54) is 5.56 Å². The first-order chi connectivity index (χ1) is 10.0. The minimum atomic E-state index is -0.245. The largest absolute Gasteiger partial charge is 0.493 e. The van der Waals surface area contributed by atoms with Crippen LogP contribution < -0.4 is 10.5 Å². The maximum atomic E-state index is 6.44. The van der Waals surface area contributed by atoms with Crippen molar-refractivity contribution in [1.82, 2.24) is 14.7 Å². The van der Waals surface area contributed by atoms with Gasteiger partial charge in [-0.1, -0.05) is 29.8 Å². The third-order valence-electron chi connectivity index (χ3n) is 3.55. The van der Waals surface area contributed by atoms with Crippen molar-refractivity contribution in [1.29, 1.82) is 0 Å². The summed E-state index contributed by atoms with van der Waals surface area (Å²) in [5.41, 5.74) is 9.64. The van der Waals surface area contributed by atoms with Crippen molar-refractivity contribution in [2.24, 2.45) is 5.73 Å². The van der Waals surface area contributed by atoms with Crippen LogP contribution in [0.3, 0.4) is 0 Å². The van der Waals surface area contributed by atoms with E-state index in [0.717, 1.165) is 30.1 Å². The summed E-state index contributed by atoms with van der Waals surface area (Å²) in [5.74, 6) is 0.738. The smallest absolute Gasteiger partial charge is 0.161 e. The molecule has 2 rings (SSSR count). The average molecular weight is 288 g/mol. The van der Waals surface area contributed by atoms with Crippen molar-refractivity contribution in [2.45, 2.75) is 19.5 Å². The van der Waals surface area contributed by atoms with Crippen molar-refractivity contribution < 1.29 is 4.74 Å². The van der Waals surface area contributed by atoms with Crippen molar-refractivity contribution in [3.05, 3.63) is 47.3 Å². The number of aryl methyl sites for hydroxylation is 1. The lowest BCUT2D eigenvalue weighted by atomic mass is 10.0. The van der Waals surface area contributed by atoms with Crippen LogP contribution in [0.2, 0.25) is 0 Å². The minimum absolute atomic E-state index is 0.245. The highest BCUT2D eigenvalue weighted by Gasteiger charge is 2.20. The fourth-order valence-electron chi connectivity index (χ4n) is 2.25. The van der Waals surface area contributed by atoms with Gasteiger partial charge in [0.2, 0.25) is 0 Å². The molecular weight excluding hydrogens is 264 g/mol. The van der Waals surface area contributed by atoms with Crippen LogP contribution in [0.15, 0.2) is 30.5 Å². The van der Waals surface area contributed by atoms with Crippen LogP contribution in [-0.4, -0.2) is 42.4 Å². The number of methoxy groups -OCH3 is 1. The second-order valence-corrected chi connectivity index (χ2v) is 5.51. The Hall–Kier alpha value is -1.85. The third-order valence-corrected chi connectivity index (χ3v) is 3.55. The van der Waals surface area contributed by atoms with E-state index in [2.05, 4.69) is 41.2 Å². The normalized spacial score (nSPS) is 12.7. The monoisotopic (exact) mass is 288 g/mol. The Morgan fingerprint density at radius 3 is 2.52 bits per heavy atom. The molecule has 1 aromatic heterocycles. The SMILES string of the molecule is COc1cnn(CCN(C)C)c1C(N)c1ccc(C)cc1. The highest BCUT2D eigenvalue weighted by atomic mass is 16.5. The third kappa shape index (κ3) is 3.62. The van der Waals surface area contributed by atoms with E-state index < -0.39 is 0 Å². The Bertz CT molecular complexity index is 574. The average Bonchev–Trinajstić information content (AvgIpc) is 2.88. The number of benzene rings is 1. The van der Waals surface area contributed by atoms with E-state index in [1.807, 2.05) is 18.8 Å². The Morgan fingerprint density at radius 2 is 1.95 bits per heavy atom. The number of hydrogen-bond donors (Lipinski definition) is 1. The molecule has 2 N–H and O–H groups in total. The summed E-state index contributed by atoms with van der Waals surface area (Å²) in [6.45, 7) is 3.75. The predicted octanol–water partition coefficient (Wildman–Crippen LogP) is 1.81. The lowest BCUT2D eigenvalue weighted by molar-refractivity contribution is 0.363. The summed E-state index contributed by atoms with van der Waals surface area (Å²) >= 11 is 0. The molecule has 5 heteroatoms. The molecular formula is C16H24N4O. The number of hydrogen-bond acceptors (Lipinski definition) is 4. The zero-order valence-corrected chi connectivity index (χ0v) is 13.2. The number of nitrogens with zero attached hydrogens (tertiary/aromatic N) is 3. The zero-order valence-electron chi connectivity index (χ0n) is 13.2. The Kier molecular flexibility index (Phi) is 4.98. The molecule has 0 amide bonds. The topological polar surface area (TPSA) is 56.3 Å². The summed E-state index contributed by atoms with van der Waals surface area (Å²) in [6, 6.07) is 8.01. The summed E-state index contributed by atoms with van der Waals surface area (Å²) < 4.78 is 7.36. The summed E-state index contributed by atoms with van der Waals surface area (Å²) in [5, 5.41) is 4.41. The van der Waals surface area contributed by atoms with Crippen LogP contribution in [0.1, 0.15) is 22.9 Å². The van der Waals surface area contributed by atoms with E-state index >= 15 is 0 Å². The second kappa shape index (κ2) is 6.74. The molecule has 1 atom stereocenters. The van der Waals surface area contributed by atoms with Crippen molar-refractivity contribution in [3.63, 3.8) is 0 Å². The minimum Gasteiger partial charge on any atom is -0.493 e. The lowest BCUT2D eigenvalue weighted by Gasteiger charge is -2.18. The molecule has 2 aromatic rings. The van der Waals surface area contributed by atoms with E-state index in [0.29, 0.717) is 0 Å². The van der Waals surface area contributed by atoms with Gasteiger partial charge in [0.1, 0.15) is 5.69 Å². The van der Waals surface area contributed by atoms with Crippen LogP contribution in [0.4, 0.5) is 0 Å². The van der Waals surface area contributed by atoms with Gasteiger partial charge in [-0.2, -0.15) is 5.10 Å². The molecule has 1 unspecified atom stereocenters. The van der Waals surface area contributed by atoms with Crippen molar-refractivity contribution in [2.75, 3.05) is 27.7 Å². The number of ether oxygens (including phenoxy) is 1. The fraction of sp³-hybridized carbons (Fsp3) is 0.438. The Balaban J connectivity index is 2.31. The van der Waals surface area contributed by atoms with E-state index in [-0.39, 0.29) is 6.04 Å². The number of rotatable bonds is 6. The molecule has 0 bridgehead atoms. The molecule has 0 aliphatic heterocycles. The lowest BCUT2D eigenvalue weighted by Crippen LogP contribution is -2.23. The maximum Gasteiger partial charge on any atom is 0.161 e. The van der Waals surface area contributed by atoms with Gasteiger partial charge in [0.15, 0.2) is 5.75 Å². The van der Waals surface area contributed by atoms with Gasteiger partial charge in [0, 0.05) is 6.54 Å². The number of nitrogens with two attached hydrogens (primary N) is 1. The van der Waals surface area contributed by atoms with Gasteiger partial charge in [-0.15, -0.1) is 0 Å². The Morgan fingerprint density at radius 1 is 1.29 bits per heavy atom. The molecule has 1 heterocycles. The highest BCUT2D eigenvalue weighted by molar-refractivity contribution is 5.36. The van der Waals surface area contributed by atoms with Gasteiger partial charge in [-0.25, -0.2) is 0 Å². The van der Waals surface area contributed by atoms with Gasteiger partial charge >= 0.3 is 0 Å². The predicted molar refractivity (Wildman–Crippen MR) is 84.5 cm³/mol. The molecule has 0 fully saturated rings.